The van der Waals surface area contributed by atoms with E-state index in [1.165, 1.54) is 5.56 Å². The highest BCUT2D eigenvalue weighted by Gasteiger charge is 2.21. The van der Waals surface area contributed by atoms with Gasteiger partial charge >= 0.3 is 0 Å². The average Bonchev–Trinajstić information content (AvgIpc) is 2.49. The summed E-state index contributed by atoms with van der Waals surface area (Å²) in [5.41, 5.74) is 1.32. The monoisotopic (exact) mass is 263 g/mol. The van der Waals surface area contributed by atoms with Crippen LogP contribution in [-0.2, 0) is 9.47 Å². The number of nitrogens with one attached hydrogen (secondary N) is 1. The molecule has 4 heteroatoms. The normalized spacial score (nSPS) is 26.5. The Morgan fingerprint density at radius 3 is 2.95 bits per heavy atom. The Balaban J connectivity index is 1.50. The predicted octanol–water partition coefficient (Wildman–Crippen LogP) is 1.56. The Bertz CT molecular complexity index is 404. The van der Waals surface area contributed by atoms with Gasteiger partial charge in [0.25, 0.3) is 0 Å². The van der Waals surface area contributed by atoms with E-state index in [4.69, 9.17) is 14.2 Å². The van der Waals surface area contributed by atoms with E-state index < -0.39 is 0 Å². The van der Waals surface area contributed by atoms with Crippen molar-refractivity contribution in [2.24, 2.45) is 0 Å². The van der Waals surface area contributed by atoms with Crippen LogP contribution < -0.4 is 10.1 Å². The van der Waals surface area contributed by atoms with Gasteiger partial charge in [-0.3, -0.25) is 0 Å². The molecule has 4 nitrogen and oxygen atoms in total. The van der Waals surface area contributed by atoms with Crippen molar-refractivity contribution >= 4 is 0 Å². The SMILES string of the molecule is c1ccc2c(c1)OCCC2CNCC1COCCO1. The van der Waals surface area contributed by atoms with E-state index in [0.29, 0.717) is 19.1 Å². The molecule has 1 aromatic rings. The van der Waals surface area contributed by atoms with Crippen LogP contribution in [0.3, 0.4) is 0 Å². The third-order valence-corrected chi connectivity index (χ3v) is 3.73. The minimum absolute atomic E-state index is 0.198. The van der Waals surface area contributed by atoms with Gasteiger partial charge in [0.15, 0.2) is 0 Å². The number of para-hydroxylation sites is 1. The van der Waals surface area contributed by atoms with E-state index in [2.05, 4.69) is 23.5 Å². The molecule has 0 radical (unpaired) electrons. The van der Waals surface area contributed by atoms with Crippen molar-refractivity contribution in [2.45, 2.75) is 18.4 Å². The lowest BCUT2D eigenvalue weighted by atomic mass is 9.93. The number of hydrogen-bond acceptors (Lipinski definition) is 4. The van der Waals surface area contributed by atoms with Crippen LogP contribution in [0.1, 0.15) is 17.9 Å². The van der Waals surface area contributed by atoms with Crippen LogP contribution in [0.2, 0.25) is 0 Å². The number of fused-ring (bicyclic) bond motifs is 1. The molecule has 0 amide bonds. The topological polar surface area (TPSA) is 39.7 Å². The summed E-state index contributed by atoms with van der Waals surface area (Å²) in [5.74, 6) is 1.58. The molecule has 1 aromatic carbocycles. The molecule has 104 valence electrons. The van der Waals surface area contributed by atoms with Crippen molar-refractivity contribution in [2.75, 3.05) is 39.5 Å². The van der Waals surface area contributed by atoms with Crippen LogP contribution in [0.25, 0.3) is 0 Å². The highest BCUT2D eigenvalue weighted by molar-refractivity contribution is 5.37. The third kappa shape index (κ3) is 3.26. The molecular formula is C15H21NO3. The molecule has 1 N–H and O–H groups in total. The number of hydrogen-bond donors (Lipinski definition) is 1. The Labute approximate surface area is 114 Å². The van der Waals surface area contributed by atoms with Crippen molar-refractivity contribution in [3.63, 3.8) is 0 Å². The average molecular weight is 263 g/mol. The van der Waals surface area contributed by atoms with E-state index in [9.17, 15) is 0 Å². The summed E-state index contributed by atoms with van der Waals surface area (Å²) < 4.78 is 16.7. The Kier molecular flexibility index (Phi) is 4.33. The zero-order valence-electron chi connectivity index (χ0n) is 11.1. The van der Waals surface area contributed by atoms with Gasteiger partial charge in [0.1, 0.15) is 5.75 Å². The van der Waals surface area contributed by atoms with Gasteiger partial charge in [-0.15, -0.1) is 0 Å². The van der Waals surface area contributed by atoms with Gasteiger partial charge in [-0.05, 0) is 18.1 Å². The Hall–Kier alpha value is -1.10. The van der Waals surface area contributed by atoms with Gasteiger partial charge in [-0.1, -0.05) is 18.2 Å². The molecule has 2 aliphatic rings. The van der Waals surface area contributed by atoms with Crippen LogP contribution in [0.4, 0.5) is 0 Å². The standard InChI is InChI=1S/C15H21NO3/c1-2-4-15-14(3-1)12(5-6-19-15)9-16-10-13-11-17-7-8-18-13/h1-4,12-13,16H,5-11H2. The molecule has 1 fully saturated rings. The summed E-state index contributed by atoms with van der Waals surface area (Å²) >= 11 is 0. The third-order valence-electron chi connectivity index (χ3n) is 3.73. The summed E-state index contributed by atoms with van der Waals surface area (Å²) in [6.45, 7) is 4.79. The molecule has 0 aromatic heterocycles. The molecule has 2 atom stereocenters. The first kappa shape index (κ1) is 12.9. The van der Waals surface area contributed by atoms with Crippen LogP contribution in [-0.4, -0.2) is 45.6 Å². The van der Waals surface area contributed by atoms with Crippen molar-refractivity contribution in [3.8, 4) is 5.75 Å². The minimum Gasteiger partial charge on any atom is -0.493 e. The zero-order valence-corrected chi connectivity index (χ0v) is 11.1. The van der Waals surface area contributed by atoms with Crippen molar-refractivity contribution < 1.29 is 14.2 Å². The molecule has 2 aliphatic heterocycles. The van der Waals surface area contributed by atoms with Gasteiger partial charge in [0.05, 0.1) is 32.5 Å². The maximum absolute atomic E-state index is 5.68. The maximum atomic E-state index is 5.68. The largest absolute Gasteiger partial charge is 0.493 e. The number of benzene rings is 1. The van der Waals surface area contributed by atoms with Crippen LogP contribution in [0, 0.1) is 0 Å². The Morgan fingerprint density at radius 2 is 2.05 bits per heavy atom. The molecule has 2 unspecified atom stereocenters. The highest BCUT2D eigenvalue weighted by atomic mass is 16.6. The predicted molar refractivity (Wildman–Crippen MR) is 72.7 cm³/mol. The second-order valence-corrected chi connectivity index (χ2v) is 5.10. The first-order valence-corrected chi connectivity index (χ1v) is 7.05. The quantitative estimate of drug-likeness (QED) is 0.895. The fourth-order valence-corrected chi connectivity index (χ4v) is 2.70. The second-order valence-electron chi connectivity index (χ2n) is 5.10. The molecule has 2 heterocycles. The van der Waals surface area contributed by atoms with Gasteiger partial charge < -0.3 is 19.5 Å². The molecule has 0 bridgehead atoms. The van der Waals surface area contributed by atoms with Crippen LogP contribution >= 0.6 is 0 Å². The fraction of sp³-hybridized carbons (Fsp3) is 0.600. The van der Waals surface area contributed by atoms with Gasteiger partial charge in [0.2, 0.25) is 0 Å². The molecule has 1 saturated heterocycles. The Morgan fingerprint density at radius 1 is 1.11 bits per heavy atom. The molecular weight excluding hydrogens is 242 g/mol. The smallest absolute Gasteiger partial charge is 0.122 e. The van der Waals surface area contributed by atoms with Gasteiger partial charge in [0, 0.05) is 19.0 Å². The second kappa shape index (κ2) is 6.37. The summed E-state index contributed by atoms with van der Waals surface area (Å²) in [6.07, 6.45) is 1.27. The van der Waals surface area contributed by atoms with Crippen molar-refractivity contribution in [3.05, 3.63) is 29.8 Å². The molecule has 0 spiro atoms. The number of ether oxygens (including phenoxy) is 3. The van der Waals surface area contributed by atoms with Crippen molar-refractivity contribution in [1.29, 1.82) is 0 Å². The maximum Gasteiger partial charge on any atom is 0.122 e. The first-order valence-electron chi connectivity index (χ1n) is 7.05. The van der Waals surface area contributed by atoms with E-state index in [-0.39, 0.29) is 6.10 Å². The fourth-order valence-electron chi connectivity index (χ4n) is 2.70. The van der Waals surface area contributed by atoms with E-state index in [1.54, 1.807) is 0 Å². The van der Waals surface area contributed by atoms with Crippen LogP contribution in [0.15, 0.2) is 24.3 Å². The number of rotatable bonds is 4. The van der Waals surface area contributed by atoms with E-state index in [1.807, 2.05) is 6.07 Å². The summed E-state index contributed by atoms with van der Waals surface area (Å²) in [5, 5.41) is 3.51. The lowest BCUT2D eigenvalue weighted by Gasteiger charge is -2.28. The summed E-state index contributed by atoms with van der Waals surface area (Å²) in [7, 11) is 0. The van der Waals surface area contributed by atoms with Crippen molar-refractivity contribution in [1.82, 2.24) is 5.32 Å². The summed E-state index contributed by atoms with van der Waals surface area (Å²) in [4.78, 5) is 0. The minimum atomic E-state index is 0.198. The van der Waals surface area contributed by atoms with Gasteiger partial charge in [-0.2, -0.15) is 0 Å². The molecule has 19 heavy (non-hydrogen) atoms. The zero-order chi connectivity index (χ0) is 12.9. The molecule has 3 rings (SSSR count). The highest BCUT2D eigenvalue weighted by Crippen LogP contribution is 2.32. The van der Waals surface area contributed by atoms with Gasteiger partial charge in [-0.25, -0.2) is 0 Å². The molecule has 0 aliphatic carbocycles. The lowest BCUT2D eigenvalue weighted by Crippen LogP contribution is -2.39. The molecule has 0 saturated carbocycles. The summed E-state index contributed by atoms with van der Waals surface area (Å²) in [6, 6.07) is 8.33. The van der Waals surface area contributed by atoms with E-state index in [0.717, 1.165) is 38.5 Å². The first-order chi connectivity index (χ1) is 9.43. The van der Waals surface area contributed by atoms with E-state index >= 15 is 0 Å². The lowest BCUT2D eigenvalue weighted by molar-refractivity contribution is -0.0864. The van der Waals surface area contributed by atoms with Crippen LogP contribution in [0.5, 0.6) is 5.75 Å².